The van der Waals surface area contributed by atoms with Gasteiger partial charge in [0.2, 0.25) is 5.91 Å². The van der Waals surface area contributed by atoms with Crippen LogP contribution >= 0.6 is 7.82 Å². The van der Waals surface area contributed by atoms with Crippen LogP contribution in [-0.4, -0.2) is 68.5 Å². The molecule has 0 fully saturated rings. The maximum Gasteiger partial charge on any atom is 0.268 e. The average Bonchev–Trinajstić information content (AvgIpc) is 3.61. The first kappa shape index (κ1) is 87.7. The first-order chi connectivity index (χ1) is 43.5. The van der Waals surface area contributed by atoms with Gasteiger partial charge in [-0.25, -0.2) is 0 Å². The third-order valence-corrected chi connectivity index (χ3v) is 19.6. The van der Waals surface area contributed by atoms with E-state index in [1.807, 2.05) is 21.1 Å². The molecule has 0 aliphatic carbocycles. The number of likely N-dealkylation sites (N-methyl/N-ethyl adjacent to an activating group) is 1. The van der Waals surface area contributed by atoms with Crippen molar-refractivity contribution in [2.24, 2.45) is 0 Å². The highest BCUT2D eigenvalue weighted by Gasteiger charge is 2.24. The van der Waals surface area contributed by atoms with E-state index in [0.717, 1.165) is 51.4 Å². The minimum Gasteiger partial charge on any atom is -0.756 e. The van der Waals surface area contributed by atoms with Gasteiger partial charge in [-0.15, -0.1) is 0 Å². The zero-order chi connectivity index (χ0) is 64.8. The predicted molar refractivity (Wildman–Crippen MR) is 390 cm³/mol. The van der Waals surface area contributed by atoms with Crippen molar-refractivity contribution in [1.29, 1.82) is 0 Å². The fourth-order valence-electron chi connectivity index (χ4n) is 12.5. The molecule has 0 heterocycles. The van der Waals surface area contributed by atoms with Gasteiger partial charge >= 0.3 is 0 Å². The molecule has 89 heavy (non-hydrogen) atoms. The van der Waals surface area contributed by atoms with Gasteiger partial charge in [0.25, 0.3) is 7.82 Å². The van der Waals surface area contributed by atoms with Crippen molar-refractivity contribution in [3.63, 3.8) is 0 Å². The van der Waals surface area contributed by atoms with Crippen LogP contribution in [0.1, 0.15) is 418 Å². The van der Waals surface area contributed by atoms with Crippen LogP contribution < -0.4 is 10.2 Å². The maximum atomic E-state index is 13.1. The van der Waals surface area contributed by atoms with Crippen molar-refractivity contribution in [3.8, 4) is 0 Å². The van der Waals surface area contributed by atoms with Gasteiger partial charge < -0.3 is 28.8 Å². The molecule has 0 saturated carbocycles. The molecular weight excluding hydrogens is 1120 g/mol. The summed E-state index contributed by atoms with van der Waals surface area (Å²) in [6.07, 6.45) is 95.5. The summed E-state index contributed by atoms with van der Waals surface area (Å²) in [5.41, 5.74) is 0. The highest BCUT2D eigenvalue weighted by molar-refractivity contribution is 7.45. The fourth-order valence-corrected chi connectivity index (χ4v) is 13.2. The number of aliphatic hydroxyl groups excluding tert-OH is 1. The molecule has 1 amide bonds. The van der Waals surface area contributed by atoms with Crippen molar-refractivity contribution in [2.75, 3.05) is 40.9 Å². The Labute approximate surface area is 557 Å². The van der Waals surface area contributed by atoms with Crippen molar-refractivity contribution in [3.05, 3.63) is 36.5 Å². The van der Waals surface area contributed by atoms with Crippen molar-refractivity contribution in [2.45, 2.75) is 431 Å². The van der Waals surface area contributed by atoms with Gasteiger partial charge in [0.05, 0.1) is 39.9 Å². The van der Waals surface area contributed by atoms with Crippen LogP contribution in [0.2, 0.25) is 0 Å². The van der Waals surface area contributed by atoms with Crippen LogP contribution in [0.3, 0.4) is 0 Å². The number of amides is 1. The van der Waals surface area contributed by atoms with Crippen molar-refractivity contribution < 1.29 is 32.9 Å². The van der Waals surface area contributed by atoms with Gasteiger partial charge in [0, 0.05) is 6.42 Å². The number of hydrogen-bond donors (Lipinski definition) is 2. The van der Waals surface area contributed by atoms with E-state index in [1.54, 1.807) is 0 Å². The van der Waals surface area contributed by atoms with E-state index >= 15 is 0 Å². The Morgan fingerprint density at radius 2 is 0.652 bits per heavy atom. The summed E-state index contributed by atoms with van der Waals surface area (Å²) in [5, 5.41) is 14.1. The minimum absolute atomic E-state index is 0.0153. The Balaban J connectivity index is 3.88. The molecule has 0 spiro atoms. The second-order valence-corrected chi connectivity index (χ2v) is 30.2. The molecule has 9 heteroatoms. The number of hydrogen-bond acceptors (Lipinski definition) is 6. The lowest BCUT2D eigenvalue weighted by Gasteiger charge is -2.30. The number of carbonyl (C=O) groups excluding carboxylic acids is 1. The highest BCUT2D eigenvalue weighted by Crippen LogP contribution is 2.38. The normalized spacial score (nSPS) is 13.7. The Kier molecular flexibility index (Phi) is 70.0. The number of rotatable bonds is 75. The lowest BCUT2D eigenvalue weighted by atomic mass is 10.0. The van der Waals surface area contributed by atoms with Crippen LogP contribution in [0, 0.1) is 0 Å². The Morgan fingerprint density at radius 3 is 0.944 bits per heavy atom. The number of nitrogens with zero attached hydrogens (tertiary/aromatic N) is 1. The number of quaternary nitrogens is 1. The van der Waals surface area contributed by atoms with Crippen LogP contribution in [-0.2, 0) is 18.4 Å². The molecule has 0 aromatic heterocycles. The van der Waals surface area contributed by atoms with Crippen molar-refractivity contribution >= 4 is 13.7 Å². The predicted octanol–water partition coefficient (Wildman–Crippen LogP) is 25.3. The van der Waals surface area contributed by atoms with Gasteiger partial charge in [-0.1, -0.05) is 397 Å². The largest absolute Gasteiger partial charge is 0.756 e. The zero-order valence-electron chi connectivity index (χ0n) is 60.7. The van der Waals surface area contributed by atoms with E-state index in [-0.39, 0.29) is 19.1 Å². The van der Waals surface area contributed by atoms with Crippen LogP contribution in [0.5, 0.6) is 0 Å². The summed E-state index contributed by atoms with van der Waals surface area (Å²) >= 11 is 0. The molecule has 0 aliphatic rings. The summed E-state index contributed by atoms with van der Waals surface area (Å²) in [5.74, 6) is -0.154. The SMILES string of the molecule is CCCCCCC/C=C\C/C=C\C/C=C\CCCCCCCCCCCCCCCCCCCCCCCCCCCCC(=O)NC(COP(=O)([O-])OCC[N+](C)(C)C)C(O)CCCCCCCCCCCCCCCCCCCCCCCCCCCC. The Morgan fingerprint density at radius 1 is 0.393 bits per heavy atom. The second kappa shape index (κ2) is 71.0. The number of unbranched alkanes of at least 4 members (excludes halogenated alkanes) is 56. The summed E-state index contributed by atoms with van der Waals surface area (Å²) in [7, 11) is 1.33. The van der Waals surface area contributed by atoms with Crippen molar-refractivity contribution in [1.82, 2.24) is 5.32 Å². The smallest absolute Gasteiger partial charge is 0.268 e. The lowest BCUT2D eigenvalue weighted by molar-refractivity contribution is -0.870. The summed E-state index contributed by atoms with van der Waals surface area (Å²) < 4.78 is 23.6. The fraction of sp³-hybridized carbons (Fsp3) is 0.912. The maximum absolute atomic E-state index is 13.1. The molecule has 0 radical (unpaired) electrons. The monoisotopic (exact) mass is 1270 g/mol. The number of carbonyl (C=O) groups is 1. The Hall–Kier alpha value is -1.28. The minimum atomic E-state index is -4.58. The van der Waals surface area contributed by atoms with Gasteiger partial charge in [-0.05, 0) is 51.4 Å². The van der Waals surface area contributed by atoms with Crippen LogP contribution in [0.25, 0.3) is 0 Å². The summed E-state index contributed by atoms with van der Waals surface area (Å²) in [4.78, 5) is 25.7. The van der Waals surface area contributed by atoms with E-state index in [9.17, 15) is 19.4 Å². The molecule has 0 saturated heterocycles. The molecule has 3 unspecified atom stereocenters. The van der Waals surface area contributed by atoms with E-state index in [4.69, 9.17) is 9.05 Å². The third kappa shape index (κ3) is 74.0. The lowest BCUT2D eigenvalue weighted by Crippen LogP contribution is -2.46. The molecular formula is C80H157N2O6P. The standard InChI is InChI=1S/C80H157N2O6P/c1-6-8-10-12-14-16-18-20-22-24-26-28-30-32-34-35-36-37-38-39-40-41-42-43-44-45-46-47-48-50-52-54-56-58-60-62-64-66-68-70-72-74-80(84)81-78(77-88-89(85,86)87-76-75-82(3,4)5)79(83)73-71-69-67-65-63-61-59-57-55-53-51-49-33-31-29-27-25-23-21-19-17-15-13-11-9-7-2/h18,20,24,26,30,32,78-79,83H,6-17,19,21-23,25,27-29,31,33-77H2,1-5H3,(H-,81,84,85,86)/b20-18-,26-24-,32-30-. The molecule has 528 valence electrons. The summed E-state index contributed by atoms with van der Waals surface area (Å²) in [6.45, 7) is 4.78. The first-order valence-corrected chi connectivity index (χ1v) is 41.3. The quantitative estimate of drug-likeness (QED) is 0.0272. The highest BCUT2D eigenvalue weighted by atomic mass is 31.2. The molecule has 8 nitrogen and oxygen atoms in total. The molecule has 3 atom stereocenters. The number of aliphatic hydroxyl groups is 1. The Bertz CT molecular complexity index is 1550. The molecule has 0 aromatic carbocycles. The van der Waals surface area contributed by atoms with E-state index < -0.39 is 20.0 Å². The van der Waals surface area contributed by atoms with Gasteiger partial charge in [-0.3, -0.25) is 9.36 Å². The topological polar surface area (TPSA) is 108 Å². The molecule has 0 aliphatic heterocycles. The van der Waals surface area contributed by atoms with Gasteiger partial charge in [0.1, 0.15) is 13.2 Å². The molecule has 0 bridgehead atoms. The molecule has 0 aromatic rings. The summed E-state index contributed by atoms with van der Waals surface area (Å²) in [6, 6.07) is -0.800. The van der Waals surface area contributed by atoms with Crippen LogP contribution in [0.15, 0.2) is 36.5 Å². The second-order valence-electron chi connectivity index (χ2n) is 28.8. The molecule has 0 rings (SSSR count). The van der Waals surface area contributed by atoms with E-state index in [1.165, 1.54) is 340 Å². The average molecular weight is 1270 g/mol. The zero-order valence-corrected chi connectivity index (χ0v) is 61.6. The van der Waals surface area contributed by atoms with Gasteiger partial charge in [0.15, 0.2) is 0 Å². The number of phosphoric ester groups is 1. The van der Waals surface area contributed by atoms with E-state index in [0.29, 0.717) is 23.9 Å². The van der Waals surface area contributed by atoms with E-state index in [2.05, 4.69) is 55.6 Å². The third-order valence-electron chi connectivity index (χ3n) is 18.6. The number of nitrogens with one attached hydrogen (secondary N) is 1. The van der Waals surface area contributed by atoms with Crippen LogP contribution in [0.4, 0.5) is 0 Å². The first-order valence-electron chi connectivity index (χ1n) is 39.8. The molecule has 2 N–H and O–H groups in total. The van der Waals surface area contributed by atoms with Gasteiger partial charge in [-0.2, -0.15) is 0 Å². The number of allylic oxidation sites excluding steroid dienone is 6. The number of phosphoric acid groups is 1.